The molecule has 2 aromatic rings. The first-order chi connectivity index (χ1) is 8.33. The van der Waals surface area contributed by atoms with Gasteiger partial charge in [-0.3, -0.25) is 0 Å². The molecule has 0 aliphatic rings. The van der Waals surface area contributed by atoms with Crippen LogP contribution in [0.5, 0.6) is 0 Å². The van der Waals surface area contributed by atoms with Crippen molar-refractivity contribution in [2.75, 3.05) is 0 Å². The van der Waals surface area contributed by atoms with Crippen molar-refractivity contribution < 1.29 is 0 Å². The van der Waals surface area contributed by atoms with Gasteiger partial charge < -0.3 is 6.15 Å². The molecule has 0 spiro atoms. The molecule has 0 atom stereocenters. The molecular weight excluding hydrogens is 228 g/mol. The first-order valence-corrected chi connectivity index (χ1v) is 6.05. The minimum absolute atomic E-state index is 0. The quantitative estimate of drug-likeness (QED) is 0.875. The second kappa shape index (κ2) is 6.80. The van der Waals surface area contributed by atoms with Crippen molar-refractivity contribution in [1.29, 1.82) is 0 Å². The smallest absolute Gasteiger partial charge is 0.159 e. The maximum atomic E-state index is 4.55. The summed E-state index contributed by atoms with van der Waals surface area (Å²) in [5.74, 6) is 1.70. The maximum Gasteiger partial charge on any atom is 0.159 e. The average Bonchev–Trinajstić information content (AvgIpc) is 2.83. The number of aromatic nitrogens is 5. The Morgan fingerprint density at radius 3 is 2.50 bits per heavy atom. The summed E-state index contributed by atoms with van der Waals surface area (Å²) in [4.78, 5) is 13.0. The van der Waals surface area contributed by atoms with Crippen LogP contribution in [0.1, 0.15) is 38.2 Å². The molecular formula is C12H20N6. The normalized spacial score (nSPS) is 10.1. The molecule has 0 fully saturated rings. The molecule has 2 aromatic heterocycles. The number of nitrogens with zero attached hydrogens (tertiary/aromatic N) is 5. The van der Waals surface area contributed by atoms with Crippen LogP contribution in [0.25, 0.3) is 5.82 Å². The second-order valence-electron chi connectivity index (χ2n) is 3.97. The third-order valence-corrected chi connectivity index (χ3v) is 2.45. The fraction of sp³-hybridized carbons (Fsp3) is 0.500. The predicted molar refractivity (Wildman–Crippen MR) is 70.0 cm³/mol. The Bertz CT molecular complexity index is 441. The van der Waals surface area contributed by atoms with E-state index in [1.54, 1.807) is 11.0 Å². The summed E-state index contributed by atoms with van der Waals surface area (Å²) in [6.07, 6.45) is 7.18. The lowest BCUT2D eigenvalue weighted by Gasteiger charge is -2.06. The lowest BCUT2D eigenvalue weighted by molar-refractivity contribution is 0.756. The second-order valence-corrected chi connectivity index (χ2v) is 3.97. The SMILES string of the molecule is CCCc1cc(-n2cncn2)nc(CCC)n1.N. The molecule has 0 amide bonds. The molecule has 18 heavy (non-hydrogen) atoms. The molecule has 3 N–H and O–H groups in total. The molecule has 6 nitrogen and oxygen atoms in total. The van der Waals surface area contributed by atoms with Crippen molar-refractivity contribution in [3.05, 3.63) is 30.2 Å². The van der Waals surface area contributed by atoms with E-state index in [9.17, 15) is 0 Å². The molecule has 0 unspecified atom stereocenters. The molecule has 0 saturated heterocycles. The van der Waals surface area contributed by atoms with Gasteiger partial charge in [0, 0.05) is 18.2 Å². The summed E-state index contributed by atoms with van der Waals surface area (Å²) in [5, 5.41) is 4.10. The van der Waals surface area contributed by atoms with Crippen LogP contribution in [-0.4, -0.2) is 24.7 Å². The monoisotopic (exact) mass is 248 g/mol. The minimum Gasteiger partial charge on any atom is -0.344 e. The molecule has 0 saturated carbocycles. The Morgan fingerprint density at radius 1 is 1.11 bits per heavy atom. The van der Waals surface area contributed by atoms with E-state index in [-0.39, 0.29) is 6.15 Å². The number of rotatable bonds is 5. The summed E-state index contributed by atoms with van der Waals surface area (Å²) in [5.41, 5.74) is 1.08. The van der Waals surface area contributed by atoms with Crippen molar-refractivity contribution in [3.8, 4) is 5.82 Å². The molecule has 0 aliphatic heterocycles. The van der Waals surface area contributed by atoms with Gasteiger partial charge in [-0.1, -0.05) is 20.3 Å². The summed E-state index contributed by atoms with van der Waals surface area (Å²) in [6, 6.07) is 1.98. The van der Waals surface area contributed by atoms with E-state index in [4.69, 9.17) is 0 Å². The molecule has 2 heterocycles. The number of aryl methyl sites for hydroxylation is 2. The van der Waals surface area contributed by atoms with E-state index in [2.05, 4.69) is 33.9 Å². The molecule has 98 valence electrons. The Balaban J connectivity index is 0.00000162. The molecule has 0 bridgehead atoms. The van der Waals surface area contributed by atoms with Gasteiger partial charge in [0.2, 0.25) is 0 Å². The first kappa shape index (κ1) is 14.2. The average molecular weight is 248 g/mol. The molecule has 0 radical (unpaired) electrons. The van der Waals surface area contributed by atoms with E-state index >= 15 is 0 Å². The molecule has 6 heteroatoms. The van der Waals surface area contributed by atoms with Gasteiger partial charge in [0.15, 0.2) is 5.82 Å². The van der Waals surface area contributed by atoms with Crippen molar-refractivity contribution >= 4 is 0 Å². The zero-order chi connectivity index (χ0) is 12.1. The van der Waals surface area contributed by atoms with Crippen LogP contribution in [-0.2, 0) is 12.8 Å². The largest absolute Gasteiger partial charge is 0.344 e. The summed E-state index contributed by atoms with van der Waals surface area (Å²) < 4.78 is 1.68. The van der Waals surface area contributed by atoms with Crippen molar-refractivity contribution in [2.45, 2.75) is 39.5 Å². The lowest BCUT2D eigenvalue weighted by atomic mass is 10.2. The van der Waals surface area contributed by atoms with Crippen molar-refractivity contribution in [3.63, 3.8) is 0 Å². The minimum atomic E-state index is 0. The van der Waals surface area contributed by atoms with Gasteiger partial charge in [0.25, 0.3) is 0 Å². The zero-order valence-corrected chi connectivity index (χ0v) is 11.0. The fourth-order valence-corrected chi connectivity index (χ4v) is 1.70. The van der Waals surface area contributed by atoms with Crippen LogP contribution < -0.4 is 6.15 Å². The summed E-state index contributed by atoms with van der Waals surface area (Å²) in [7, 11) is 0. The van der Waals surface area contributed by atoms with Crippen molar-refractivity contribution in [1.82, 2.24) is 30.9 Å². The van der Waals surface area contributed by atoms with E-state index in [0.717, 1.165) is 43.0 Å². The van der Waals surface area contributed by atoms with Gasteiger partial charge in [0.1, 0.15) is 18.5 Å². The fourth-order valence-electron chi connectivity index (χ4n) is 1.70. The maximum absolute atomic E-state index is 4.55. The lowest BCUT2D eigenvalue weighted by Crippen LogP contribution is -2.06. The molecule has 0 aromatic carbocycles. The van der Waals surface area contributed by atoms with Gasteiger partial charge in [-0.15, -0.1) is 0 Å². The highest BCUT2D eigenvalue weighted by atomic mass is 15.3. The van der Waals surface area contributed by atoms with E-state index in [1.807, 2.05) is 6.07 Å². The van der Waals surface area contributed by atoms with E-state index < -0.39 is 0 Å². The summed E-state index contributed by atoms with van der Waals surface area (Å²) >= 11 is 0. The highest BCUT2D eigenvalue weighted by molar-refractivity contribution is 5.23. The van der Waals surface area contributed by atoms with Gasteiger partial charge in [-0.05, 0) is 12.8 Å². The third-order valence-electron chi connectivity index (χ3n) is 2.45. The van der Waals surface area contributed by atoms with Crippen LogP contribution in [0.15, 0.2) is 18.7 Å². The molecule has 2 rings (SSSR count). The highest BCUT2D eigenvalue weighted by Crippen LogP contribution is 2.09. The zero-order valence-electron chi connectivity index (χ0n) is 11.0. The molecule has 0 aliphatic carbocycles. The Kier molecular flexibility index (Phi) is 5.38. The van der Waals surface area contributed by atoms with Gasteiger partial charge >= 0.3 is 0 Å². The third kappa shape index (κ3) is 3.33. The van der Waals surface area contributed by atoms with E-state index in [1.165, 1.54) is 6.33 Å². The summed E-state index contributed by atoms with van der Waals surface area (Å²) in [6.45, 7) is 4.28. The topological polar surface area (TPSA) is 91.5 Å². The number of hydrogen-bond donors (Lipinski definition) is 1. The van der Waals surface area contributed by atoms with Crippen LogP contribution in [0.4, 0.5) is 0 Å². The van der Waals surface area contributed by atoms with Crippen LogP contribution in [0, 0.1) is 0 Å². The van der Waals surface area contributed by atoms with Crippen LogP contribution >= 0.6 is 0 Å². The standard InChI is InChI=1S/C12H17N5.H3N/c1-3-5-10-7-12(17-9-13-8-14-17)16-11(15-10)6-4-2;/h7-9H,3-6H2,1-2H3;1H3. The Morgan fingerprint density at radius 2 is 1.89 bits per heavy atom. The van der Waals surface area contributed by atoms with Gasteiger partial charge in [-0.25, -0.2) is 19.6 Å². The highest BCUT2D eigenvalue weighted by Gasteiger charge is 2.06. The Hall–Kier alpha value is -1.82. The van der Waals surface area contributed by atoms with Crippen LogP contribution in [0.2, 0.25) is 0 Å². The van der Waals surface area contributed by atoms with Gasteiger partial charge in [-0.2, -0.15) is 5.10 Å². The van der Waals surface area contributed by atoms with E-state index in [0.29, 0.717) is 0 Å². The number of hydrogen-bond acceptors (Lipinski definition) is 5. The van der Waals surface area contributed by atoms with Gasteiger partial charge in [0.05, 0.1) is 0 Å². The van der Waals surface area contributed by atoms with Crippen molar-refractivity contribution in [2.24, 2.45) is 0 Å². The Labute approximate surface area is 107 Å². The first-order valence-electron chi connectivity index (χ1n) is 6.05. The van der Waals surface area contributed by atoms with Crippen LogP contribution in [0.3, 0.4) is 0 Å². The predicted octanol–water partition coefficient (Wildman–Crippen LogP) is 2.12.